The van der Waals surface area contributed by atoms with E-state index in [1.807, 2.05) is 18.2 Å². The number of ether oxygens (including phenoxy) is 1. The Labute approximate surface area is 135 Å². The van der Waals surface area contributed by atoms with Crippen molar-refractivity contribution in [1.82, 2.24) is 4.31 Å². The molecule has 6 heteroatoms. The van der Waals surface area contributed by atoms with Gasteiger partial charge >= 0.3 is 0 Å². The molecule has 1 fully saturated rings. The zero-order chi connectivity index (χ0) is 16.3. The zero-order valence-corrected chi connectivity index (χ0v) is 13.4. The molecule has 2 aromatic rings. The SMILES string of the molecule is O=S(=O)(Cc1ccccc1)N1CC(OCc2ccccc2F)C1. The average Bonchev–Trinajstić information content (AvgIpc) is 2.47. The molecule has 0 spiro atoms. The second-order valence-electron chi connectivity index (χ2n) is 5.58. The second-order valence-corrected chi connectivity index (χ2v) is 7.55. The fourth-order valence-electron chi connectivity index (χ4n) is 2.43. The Morgan fingerprint density at radius 1 is 1.04 bits per heavy atom. The maximum absolute atomic E-state index is 13.5. The van der Waals surface area contributed by atoms with Crippen molar-refractivity contribution in [2.45, 2.75) is 18.5 Å². The van der Waals surface area contributed by atoms with E-state index < -0.39 is 10.0 Å². The molecule has 23 heavy (non-hydrogen) atoms. The molecule has 2 aromatic carbocycles. The van der Waals surface area contributed by atoms with Crippen molar-refractivity contribution >= 4 is 10.0 Å². The highest BCUT2D eigenvalue weighted by molar-refractivity contribution is 7.88. The van der Waals surface area contributed by atoms with E-state index in [1.54, 1.807) is 30.3 Å². The van der Waals surface area contributed by atoms with Crippen LogP contribution in [0.2, 0.25) is 0 Å². The highest BCUT2D eigenvalue weighted by atomic mass is 32.2. The summed E-state index contributed by atoms with van der Waals surface area (Å²) < 4.78 is 45.0. The minimum absolute atomic E-state index is 0.00608. The first-order valence-corrected chi connectivity index (χ1v) is 9.02. The minimum atomic E-state index is -3.32. The van der Waals surface area contributed by atoms with Gasteiger partial charge in [-0.05, 0) is 11.6 Å². The number of nitrogens with zero attached hydrogens (tertiary/aromatic N) is 1. The van der Waals surface area contributed by atoms with Gasteiger partial charge in [0.1, 0.15) is 5.82 Å². The van der Waals surface area contributed by atoms with Gasteiger partial charge in [-0.1, -0.05) is 48.5 Å². The monoisotopic (exact) mass is 335 g/mol. The van der Waals surface area contributed by atoms with E-state index in [-0.39, 0.29) is 24.3 Å². The molecule has 0 unspecified atom stereocenters. The Morgan fingerprint density at radius 3 is 2.39 bits per heavy atom. The van der Waals surface area contributed by atoms with Crippen LogP contribution in [-0.2, 0) is 27.1 Å². The number of sulfonamides is 1. The van der Waals surface area contributed by atoms with E-state index in [4.69, 9.17) is 4.74 Å². The van der Waals surface area contributed by atoms with Gasteiger partial charge in [0, 0.05) is 18.7 Å². The predicted molar refractivity (Wildman–Crippen MR) is 85.6 cm³/mol. The summed E-state index contributed by atoms with van der Waals surface area (Å²) in [5, 5.41) is 0. The van der Waals surface area contributed by atoms with Crippen molar-refractivity contribution in [3.05, 3.63) is 71.5 Å². The van der Waals surface area contributed by atoms with Gasteiger partial charge < -0.3 is 4.74 Å². The van der Waals surface area contributed by atoms with Crippen molar-refractivity contribution in [2.75, 3.05) is 13.1 Å². The molecule has 4 nitrogen and oxygen atoms in total. The standard InChI is InChI=1S/C17H18FNO3S/c18-17-9-5-4-8-15(17)12-22-16-10-19(11-16)23(20,21)13-14-6-2-1-3-7-14/h1-9,16H,10-13H2. The summed E-state index contributed by atoms with van der Waals surface area (Å²) in [6, 6.07) is 15.5. The molecule has 0 aliphatic carbocycles. The maximum atomic E-state index is 13.5. The van der Waals surface area contributed by atoms with Gasteiger partial charge in [-0.2, -0.15) is 4.31 Å². The predicted octanol–water partition coefficient (Wildman–Crippen LogP) is 2.56. The number of rotatable bonds is 6. The molecule has 122 valence electrons. The summed E-state index contributed by atoms with van der Waals surface area (Å²) in [5.74, 6) is -0.311. The van der Waals surface area contributed by atoms with Crippen LogP contribution < -0.4 is 0 Å². The van der Waals surface area contributed by atoms with Gasteiger partial charge in [-0.3, -0.25) is 0 Å². The first-order valence-electron chi connectivity index (χ1n) is 7.41. The average molecular weight is 335 g/mol. The van der Waals surface area contributed by atoms with Crippen LogP contribution in [0.5, 0.6) is 0 Å². The van der Waals surface area contributed by atoms with Gasteiger partial charge in [0.15, 0.2) is 0 Å². The number of halogens is 1. The van der Waals surface area contributed by atoms with E-state index in [9.17, 15) is 12.8 Å². The summed E-state index contributed by atoms with van der Waals surface area (Å²) in [4.78, 5) is 0. The van der Waals surface area contributed by atoms with Crippen LogP contribution in [0.25, 0.3) is 0 Å². The molecule has 1 saturated heterocycles. The van der Waals surface area contributed by atoms with Crippen LogP contribution in [0.3, 0.4) is 0 Å². The van der Waals surface area contributed by atoms with Crippen molar-refractivity contribution in [2.24, 2.45) is 0 Å². The lowest BCUT2D eigenvalue weighted by Crippen LogP contribution is -2.54. The van der Waals surface area contributed by atoms with Crippen molar-refractivity contribution in [3.8, 4) is 0 Å². The molecule has 1 heterocycles. The minimum Gasteiger partial charge on any atom is -0.371 e. The van der Waals surface area contributed by atoms with Crippen LogP contribution in [0.4, 0.5) is 4.39 Å². The van der Waals surface area contributed by atoms with Gasteiger partial charge in [-0.15, -0.1) is 0 Å². The van der Waals surface area contributed by atoms with Gasteiger partial charge in [-0.25, -0.2) is 12.8 Å². The van der Waals surface area contributed by atoms with Gasteiger partial charge in [0.2, 0.25) is 10.0 Å². The quantitative estimate of drug-likeness (QED) is 0.815. The Balaban J connectivity index is 1.50. The number of benzene rings is 2. The first-order chi connectivity index (χ1) is 11.0. The smallest absolute Gasteiger partial charge is 0.218 e. The third-order valence-electron chi connectivity index (χ3n) is 3.83. The molecule has 0 bridgehead atoms. The van der Waals surface area contributed by atoms with E-state index in [0.717, 1.165) is 5.56 Å². The Morgan fingerprint density at radius 2 is 1.70 bits per heavy atom. The second kappa shape index (κ2) is 6.78. The van der Waals surface area contributed by atoms with Crippen molar-refractivity contribution < 1.29 is 17.5 Å². The van der Waals surface area contributed by atoms with Crippen LogP contribution in [-0.4, -0.2) is 31.9 Å². The molecule has 1 aliphatic rings. The van der Waals surface area contributed by atoms with E-state index in [1.165, 1.54) is 10.4 Å². The molecule has 0 amide bonds. The number of hydrogen-bond donors (Lipinski definition) is 0. The topological polar surface area (TPSA) is 46.6 Å². The summed E-state index contributed by atoms with van der Waals surface area (Å²) in [5.41, 5.74) is 1.25. The maximum Gasteiger partial charge on any atom is 0.218 e. The third-order valence-corrected chi connectivity index (χ3v) is 5.62. The molecule has 0 saturated carbocycles. The molecule has 0 N–H and O–H groups in total. The fraction of sp³-hybridized carbons (Fsp3) is 0.294. The number of hydrogen-bond acceptors (Lipinski definition) is 3. The normalized spacial score (nSPS) is 16.2. The fourth-order valence-corrected chi connectivity index (χ4v) is 4.02. The van der Waals surface area contributed by atoms with Crippen LogP contribution in [0.15, 0.2) is 54.6 Å². The summed E-state index contributed by atoms with van der Waals surface area (Å²) >= 11 is 0. The Bertz CT molecular complexity index is 758. The highest BCUT2D eigenvalue weighted by Gasteiger charge is 2.36. The highest BCUT2D eigenvalue weighted by Crippen LogP contribution is 2.21. The van der Waals surface area contributed by atoms with E-state index in [0.29, 0.717) is 18.7 Å². The van der Waals surface area contributed by atoms with Crippen molar-refractivity contribution in [1.29, 1.82) is 0 Å². The van der Waals surface area contributed by atoms with Crippen molar-refractivity contribution in [3.63, 3.8) is 0 Å². The lowest BCUT2D eigenvalue weighted by Gasteiger charge is -2.37. The van der Waals surface area contributed by atoms with Gasteiger partial charge in [0.25, 0.3) is 0 Å². The Kier molecular flexibility index (Phi) is 4.75. The summed E-state index contributed by atoms with van der Waals surface area (Å²) in [6.45, 7) is 0.803. The summed E-state index contributed by atoms with van der Waals surface area (Å²) in [7, 11) is -3.32. The molecular formula is C17H18FNO3S. The molecular weight excluding hydrogens is 317 g/mol. The molecule has 0 atom stereocenters. The lowest BCUT2D eigenvalue weighted by molar-refractivity contribution is -0.0305. The molecule has 3 rings (SSSR count). The van der Waals surface area contributed by atoms with E-state index >= 15 is 0 Å². The van der Waals surface area contributed by atoms with E-state index in [2.05, 4.69) is 0 Å². The van der Waals surface area contributed by atoms with Gasteiger partial charge in [0.05, 0.1) is 18.5 Å². The lowest BCUT2D eigenvalue weighted by atomic mass is 10.2. The first kappa shape index (κ1) is 16.1. The van der Waals surface area contributed by atoms with Crippen LogP contribution >= 0.6 is 0 Å². The van der Waals surface area contributed by atoms with Crippen LogP contribution in [0, 0.1) is 5.82 Å². The third kappa shape index (κ3) is 3.96. The molecule has 0 aromatic heterocycles. The summed E-state index contributed by atoms with van der Waals surface area (Å²) in [6.07, 6.45) is -0.180. The molecule has 1 aliphatic heterocycles. The molecule has 0 radical (unpaired) electrons. The zero-order valence-electron chi connectivity index (χ0n) is 12.6. The largest absolute Gasteiger partial charge is 0.371 e. The van der Waals surface area contributed by atoms with Crippen LogP contribution in [0.1, 0.15) is 11.1 Å². The Hall–Kier alpha value is -1.76.